The molecule has 1 aliphatic rings. The molecule has 0 aromatic heterocycles. The van der Waals surface area contributed by atoms with Gasteiger partial charge in [0.25, 0.3) is 5.91 Å². The third-order valence-electron chi connectivity index (χ3n) is 3.03. The number of nitrogens with zero attached hydrogens (tertiary/aromatic N) is 2. The van der Waals surface area contributed by atoms with Crippen molar-refractivity contribution in [1.82, 2.24) is 0 Å². The van der Waals surface area contributed by atoms with Crippen molar-refractivity contribution in [2.45, 2.75) is 6.42 Å². The second kappa shape index (κ2) is 5.06. The zero-order valence-corrected chi connectivity index (χ0v) is 11.1. The molecule has 0 saturated heterocycles. The van der Waals surface area contributed by atoms with Gasteiger partial charge in [0.2, 0.25) is 0 Å². The van der Waals surface area contributed by atoms with E-state index >= 15 is 0 Å². The summed E-state index contributed by atoms with van der Waals surface area (Å²) in [4.78, 5) is 12.0. The lowest BCUT2D eigenvalue weighted by Gasteiger charge is -2.13. The van der Waals surface area contributed by atoms with Crippen LogP contribution < -0.4 is 5.01 Å². The lowest BCUT2D eigenvalue weighted by molar-refractivity contribution is -0.116. The molecule has 100 valence electrons. The fourth-order valence-electron chi connectivity index (χ4n) is 2.09. The number of carbonyl (C=O) groups is 1. The van der Waals surface area contributed by atoms with Gasteiger partial charge in [0.1, 0.15) is 5.69 Å². The van der Waals surface area contributed by atoms with Crippen molar-refractivity contribution in [1.29, 1.82) is 0 Å². The highest BCUT2D eigenvalue weighted by molar-refractivity contribution is 6.34. The van der Waals surface area contributed by atoms with Gasteiger partial charge in [-0.3, -0.25) is 4.79 Å². The summed E-state index contributed by atoms with van der Waals surface area (Å²) in [5, 5.41) is 5.41. The molecule has 5 heteroatoms. The van der Waals surface area contributed by atoms with Gasteiger partial charge in [0.05, 0.1) is 17.2 Å². The summed E-state index contributed by atoms with van der Waals surface area (Å²) in [5.74, 6) is -0.861. The first-order valence-electron chi connectivity index (χ1n) is 6.06. The van der Waals surface area contributed by atoms with E-state index < -0.39 is 5.82 Å². The second-order valence-corrected chi connectivity index (χ2v) is 4.77. The molecule has 3 rings (SSSR count). The minimum Gasteiger partial charge on any atom is -0.272 e. The topological polar surface area (TPSA) is 32.7 Å². The van der Waals surface area contributed by atoms with Crippen molar-refractivity contribution < 1.29 is 9.18 Å². The molecule has 0 radical (unpaired) electrons. The number of hydrazone groups is 1. The van der Waals surface area contributed by atoms with Crippen LogP contribution in [0, 0.1) is 5.82 Å². The molecular weight excluding hydrogens is 279 g/mol. The van der Waals surface area contributed by atoms with E-state index in [1.807, 2.05) is 30.3 Å². The first-order chi connectivity index (χ1) is 9.66. The maximum Gasteiger partial charge on any atom is 0.253 e. The smallest absolute Gasteiger partial charge is 0.253 e. The van der Waals surface area contributed by atoms with Gasteiger partial charge in [0, 0.05) is 0 Å². The van der Waals surface area contributed by atoms with Crippen molar-refractivity contribution in [2.75, 3.05) is 5.01 Å². The Kier molecular flexibility index (Phi) is 3.24. The number of para-hydroxylation sites is 1. The minimum absolute atomic E-state index is 0.00472. The quantitative estimate of drug-likeness (QED) is 0.831. The molecule has 0 bridgehead atoms. The third kappa shape index (κ3) is 2.18. The highest BCUT2D eigenvalue weighted by Gasteiger charge is 2.29. The molecule has 20 heavy (non-hydrogen) atoms. The average Bonchev–Trinajstić information content (AvgIpc) is 2.82. The van der Waals surface area contributed by atoms with Crippen LogP contribution in [0.15, 0.2) is 53.6 Å². The van der Waals surface area contributed by atoms with E-state index in [0.717, 1.165) is 10.6 Å². The monoisotopic (exact) mass is 288 g/mol. The lowest BCUT2D eigenvalue weighted by Crippen LogP contribution is -2.21. The van der Waals surface area contributed by atoms with Crippen LogP contribution in [-0.4, -0.2) is 11.6 Å². The normalized spacial score (nSPS) is 14.6. The van der Waals surface area contributed by atoms with Crippen molar-refractivity contribution in [3.8, 4) is 0 Å². The van der Waals surface area contributed by atoms with Gasteiger partial charge >= 0.3 is 0 Å². The molecule has 3 nitrogen and oxygen atoms in total. The molecular formula is C15H10ClFN2O. The van der Waals surface area contributed by atoms with Gasteiger partial charge in [-0.25, -0.2) is 4.39 Å². The predicted molar refractivity (Wildman–Crippen MR) is 76.5 cm³/mol. The van der Waals surface area contributed by atoms with Gasteiger partial charge < -0.3 is 0 Å². The number of benzene rings is 2. The van der Waals surface area contributed by atoms with Crippen LogP contribution in [0.3, 0.4) is 0 Å². The van der Waals surface area contributed by atoms with E-state index in [-0.39, 0.29) is 23.0 Å². The van der Waals surface area contributed by atoms with Gasteiger partial charge in [0.15, 0.2) is 5.82 Å². The van der Waals surface area contributed by atoms with Gasteiger partial charge in [-0.15, -0.1) is 0 Å². The molecule has 0 atom stereocenters. The average molecular weight is 289 g/mol. The molecule has 0 aliphatic carbocycles. The Morgan fingerprint density at radius 2 is 1.85 bits per heavy atom. The van der Waals surface area contributed by atoms with Crippen LogP contribution in [-0.2, 0) is 4.79 Å². The Bertz CT molecular complexity index is 680. The second-order valence-electron chi connectivity index (χ2n) is 4.37. The number of amides is 1. The largest absolute Gasteiger partial charge is 0.272 e. The zero-order chi connectivity index (χ0) is 14.1. The maximum atomic E-state index is 13.9. The molecule has 2 aromatic rings. The Morgan fingerprint density at radius 3 is 2.55 bits per heavy atom. The SMILES string of the molecule is O=C1CC(c2ccccc2)=NN1c1c(F)cccc1Cl. The van der Waals surface area contributed by atoms with E-state index in [1.54, 1.807) is 0 Å². The predicted octanol–water partition coefficient (Wildman–Crippen LogP) is 3.62. The van der Waals surface area contributed by atoms with E-state index in [9.17, 15) is 9.18 Å². The van der Waals surface area contributed by atoms with E-state index in [2.05, 4.69) is 5.10 Å². The number of carbonyl (C=O) groups excluding carboxylic acids is 1. The Balaban J connectivity index is 2.03. The minimum atomic E-state index is -0.566. The van der Waals surface area contributed by atoms with E-state index in [0.29, 0.717) is 5.71 Å². The molecule has 0 N–H and O–H groups in total. The molecule has 0 unspecified atom stereocenters. The molecule has 2 aromatic carbocycles. The molecule has 1 amide bonds. The number of hydrogen-bond donors (Lipinski definition) is 0. The van der Waals surface area contributed by atoms with Crippen LogP contribution in [0.25, 0.3) is 0 Å². The molecule has 1 aliphatic heterocycles. The Morgan fingerprint density at radius 1 is 1.10 bits per heavy atom. The molecule has 0 fully saturated rings. The highest BCUT2D eigenvalue weighted by Crippen LogP contribution is 2.32. The van der Waals surface area contributed by atoms with Gasteiger partial charge in [-0.2, -0.15) is 10.1 Å². The summed E-state index contributed by atoms with van der Waals surface area (Å²) in [6.07, 6.45) is 0.134. The summed E-state index contributed by atoms with van der Waals surface area (Å²) in [7, 11) is 0. The van der Waals surface area contributed by atoms with E-state index in [1.165, 1.54) is 18.2 Å². The first kappa shape index (κ1) is 12.8. The summed E-state index contributed by atoms with van der Waals surface area (Å²) >= 11 is 5.97. The highest BCUT2D eigenvalue weighted by atomic mass is 35.5. The van der Waals surface area contributed by atoms with Crippen LogP contribution in [0.2, 0.25) is 5.02 Å². The first-order valence-corrected chi connectivity index (χ1v) is 6.44. The Hall–Kier alpha value is -2.20. The third-order valence-corrected chi connectivity index (χ3v) is 3.34. The zero-order valence-electron chi connectivity index (χ0n) is 10.4. The van der Waals surface area contributed by atoms with Gasteiger partial charge in [-0.1, -0.05) is 48.0 Å². The standard InChI is InChI=1S/C15H10ClFN2O/c16-11-7-4-8-12(17)15(11)19-14(20)9-13(18-19)10-5-2-1-3-6-10/h1-8H,9H2. The molecule has 0 spiro atoms. The lowest BCUT2D eigenvalue weighted by atomic mass is 10.1. The summed E-state index contributed by atoms with van der Waals surface area (Å²) in [5.41, 5.74) is 1.45. The van der Waals surface area contributed by atoms with E-state index in [4.69, 9.17) is 11.6 Å². The fraction of sp³-hybridized carbons (Fsp3) is 0.0667. The van der Waals surface area contributed by atoms with Crippen molar-refractivity contribution in [3.63, 3.8) is 0 Å². The summed E-state index contributed by atoms with van der Waals surface area (Å²) < 4.78 is 13.9. The van der Waals surface area contributed by atoms with Gasteiger partial charge in [-0.05, 0) is 17.7 Å². The summed E-state index contributed by atoms with van der Waals surface area (Å²) in [6, 6.07) is 13.6. The van der Waals surface area contributed by atoms with Crippen molar-refractivity contribution >= 4 is 28.9 Å². The number of halogens is 2. The number of hydrogen-bond acceptors (Lipinski definition) is 2. The van der Waals surface area contributed by atoms with Crippen LogP contribution in [0.4, 0.5) is 10.1 Å². The molecule has 0 saturated carbocycles. The van der Waals surface area contributed by atoms with Crippen LogP contribution in [0.5, 0.6) is 0 Å². The van der Waals surface area contributed by atoms with Crippen LogP contribution >= 0.6 is 11.6 Å². The summed E-state index contributed by atoms with van der Waals surface area (Å²) in [6.45, 7) is 0. The maximum absolute atomic E-state index is 13.9. The van der Waals surface area contributed by atoms with Crippen molar-refractivity contribution in [3.05, 3.63) is 64.9 Å². The number of anilines is 1. The Labute approximate surface area is 120 Å². The number of rotatable bonds is 2. The van der Waals surface area contributed by atoms with Crippen molar-refractivity contribution in [2.24, 2.45) is 5.10 Å². The molecule has 1 heterocycles. The van der Waals surface area contributed by atoms with Crippen LogP contribution in [0.1, 0.15) is 12.0 Å². The fourth-order valence-corrected chi connectivity index (χ4v) is 2.33.